The van der Waals surface area contributed by atoms with Gasteiger partial charge in [0.2, 0.25) is 10.7 Å². The van der Waals surface area contributed by atoms with E-state index in [9.17, 15) is 0 Å². The summed E-state index contributed by atoms with van der Waals surface area (Å²) >= 11 is 1.42. The minimum absolute atomic E-state index is 0.623. The Hall–Kier alpha value is -1.03. The molecular formula is C8H11N2OS+. The van der Waals surface area contributed by atoms with E-state index in [2.05, 4.69) is 5.16 Å². The van der Waals surface area contributed by atoms with E-state index in [1.807, 2.05) is 42.3 Å². The second-order valence-electron chi connectivity index (χ2n) is 2.31. The maximum atomic E-state index is 8.66. The molecule has 1 heterocycles. The van der Waals surface area contributed by atoms with Gasteiger partial charge < -0.3 is 5.21 Å². The van der Waals surface area contributed by atoms with Gasteiger partial charge >= 0.3 is 0 Å². The predicted molar refractivity (Wildman–Crippen MR) is 49.5 cm³/mol. The van der Waals surface area contributed by atoms with Crippen molar-refractivity contribution in [1.29, 1.82) is 0 Å². The first-order chi connectivity index (χ1) is 5.79. The van der Waals surface area contributed by atoms with Crippen LogP contribution in [0.5, 0.6) is 0 Å². The van der Waals surface area contributed by atoms with E-state index in [4.69, 9.17) is 5.21 Å². The van der Waals surface area contributed by atoms with E-state index in [0.29, 0.717) is 5.04 Å². The zero-order valence-corrected chi connectivity index (χ0v) is 7.88. The topological polar surface area (TPSA) is 36.5 Å². The van der Waals surface area contributed by atoms with Crippen LogP contribution in [-0.4, -0.2) is 16.5 Å². The molecule has 0 unspecified atom stereocenters. The minimum Gasteiger partial charge on any atom is -0.410 e. The van der Waals surface area contributed by atoms with Gasteiger partial charge in [-0.2, -0.15) is 4.57 Å². The molecule has 0 fully saturated rings. The fourth-order valence-corrected chi connectivity index (χ4v) is 1.44. The molecule has 0 aliphatic heterocycles. The van der Waals surface area contributed by atoms with Crippen molar-refractivity contribution in [3.8, 4) is 0 Å². The monoisotopic (exact) mass is 183 g/mol. The number of hydrogen-bond donors (Lipinski definition) is 1. The SMILES string of the molecule is CS/C(=N\O)c1cccc[n+]1C. The van der Waals surface area contributed by atoms with E-state index in [0.717, 1.165) is 5.69 Å². The molecule has 0 aliphatic carbocycles. The molecule has 64 valence electrons. The van der Waals surface area contributed by atoms with Crippen molar-refractivity contribution in [2.45, 2.75) is 0 Å². The number of aromatic nitrogens is 1. The van der Waals surface area contributed by atoms with E-state index in [1.165, 1.54) is 11.8 Å². The first-order valence-corrected chi connectivity index (χ1v) is 4.73. The summed E-state index contributed by atoms with van der Waals surface area (Å²) in [6.45, 7) is 0. The maximum absolute atomic E-state index is 8.66. The Labute approximate surface area is 75.7 Å². The predicted octanol–water partition coefficient (Wildman–Crippen LogP) is 1.01. The number of aryl methyl sites for hydroxylation is 1. The van der Waals surface area contributed by atoms with Crippen molar-refractivity contribution >= 4 is 16.8 Å². The standard InChI is InChI=1S/C8H10N2OS/c1-10-6-4-3-5-7(10)8(9-11)12-2/h3-6H,1-2H3/p+1. The van der Waals surface area contributed by atoms with Crippen LogP contribution in [-0.2, 0) is 7.05 Å². The average Bonchev–Trinajstić information content (AvgIpc) is 2.10. The molecule has 12 heavy (non-hydrogen) atoms. The molecule has 1 rings (SSSR count). The number of thioether (sulfide) groups is 1. The Bertz CT molecular complexity index is 299. The molecule has 4 heteroatoms. The Kier molecular flexibility index (Phi) is 3.10. The van der Waals surface area contributed by atoms with Crippen molar-refractivity contribution in [2.24, 2.45) is 12.2 Å². The van der Waals surface area contributed by atoms with Gasteiger partial charge in [0.05, 0.1) is 0 Å². The summed E-state index contributed by atoms with van der Waals surface area (Å²) in [5, 5.41) is 12.5. The second-order valence-corrected chi connectivity index (χ2v) is 3.10. The summed E-state index contributed by atoms with van der Waals surface area (Å²) in [5.74, 6) is 0. The summed E-state index contributed by atoms with van der Waals surface area (Å²) in [7, 11) is 1.91. The van der Waals surface area contributed by atoms with Crippen LogP contribution < -0.4 is 4.57 Å². The largest absolute Gasteiger partial charge is 0.410 e. The first-order valence-electron chi connectivity index (χ1n) is 3.50. The van der Waals surface area contributed by atoms with E-state index in [1.54, 1.807) is 0 Å². The summed E-state index contributed by atoms with van der Waals surface area (Å²) in [4.78, 5) is 0. The molecule has 3 nitrogen and oxygen atoms in total. The van der Waals surface area contributed by atoms with Crippen LogP contribution in [0.25, 0.3) is 0 Å². The van der Waals surface area contributed by atoms with Gasteiger partial charge in [0.15, 0.2) is 6.20 Å². The highest BCUT2D eigenvalue weighted by atomic mass is 32.2. The Morgan fingerprint density at radius 2 is 2.33 bits per heavy atom. The normalized spacial score (nSPS) is 11.7. The molecule has 1 aromatic rings. The lowest BCUT2D eigenvalue weighted by Gasteiger charge is -1.97. The first kappa shape index (κ1) is 9.06. The molecule has 0 aromatic carbocycles. The van der Waals surface area contributed by atoms with Crippen molar-refractivity contribution in [1.82, 2.24) is 0 Å². The molecule has 1 N–H and O–H groups in total. The molecule has 0 saturated heterocycles. The van der Waals surface area contributed by atoms with Crippen molar-refractivity contribution in [3.63, 3.8) is 0 Å². The van der Waals surface area contributed by atoms with Crippen molar-refractivity contribution in [3.05, 3.63) is 30.1 Å². The van der Waals surface area contributed by atoms with E-state index in [-0.39, 0.29) is 0 Å². The quantitative estimate of drug-likeness (QED) is 0.232. The lowest BCUT2D eigenvalue weighted by Crippen LogP contribution is -2.34. The summed E-state index contributed by atoms with van der Waals surface area (Å²) in [6, 6.07) is 5.75. The van der Waals surface area contributed by atoms with Gasteiger partial charge in [0, 0.05) is 12.1 Å². The summed E-state index contributed by atoms with van der Waals surface area (Å²) in [6.07, 6.45) is 3.79. The number of oxime groups is 1. The molecule has 0 amide bonds. The molecule has 0 bridgehead atoms. The molecule has 0 spiro atoms. The Morgan fingerprint density at radius 1 is 1.58 bits per heavy atom. The minimum atomic E-state index is 0.623. The van der Waals surface area contributed by atoms with Gasteiger partial charge in [-0.05, 0) is 12.3 Å². The lowest BCUT2D eigenvalue weighted by atomic mass is 10.3. The van der Waals surface area contributed by atoms with Gasteiger partial charge in [-0.3, -0.25) is 0 Å². The Balaban J connectivity index is 3.10. The average molecular weight is 183 g/mol. The highest BCUT2D eigenvalue weighted by Crippen LogP contribution is 2.05. The molecule has 0 aliphatic rings. The fraction of sp³-hybridized carbons (Fsp3) is 0.250. The molecule has 0 saturated carbocycles. The van der Waals surface area contributed by atoms with Crippen LogP contribution in [0.2, 0.25) is 0 Å². The molecular weight excluding hydrogens is 172 g/mol. The fourth-order valence-electron chi connectivity index (χ4n) is 0.942. The van der Waals surface area contributed by atoms with Crippen molar-refractivity contribution < 1.29 is 9.77 Å². The Morgan fingerprint density at radius 3 is 2.83 bits per heavy atom. The molecule has 0 radical (unpaired) electrons. The zero-order valence-electron chi connectivity index (χ0n) is 7.06. The van der Waals surface area contributed by atoms with Crippen LogP contribution in [0.15, 0.2) is 29.6 Å². The molecule has 1 aromatic heterocycles. The van der Waals surface area contributed by atoms with Crippen LogP contribution >= 0.6 is 11.8 Å². The third-order valence-corrected chi connectivity index (χ3v) is 2.24. The molecule has 0 atom stereocenters. The maximum Gasteiger partial charge on any atom is 0.240 e. The smallest absolute Gasteiger partial charge is 0.240 e. The second kappa shape index (κ2) is 4.11. The third kappa shape index (κ3) is 1.76. The van der Waals surface area contributed by atoms with Crippen molar-refractivity contribution in [2.75, 3.05) is 6.26 Å². The highest BCUT2D eigenvalue weighted by molar-refractivity contribution is 8.13. The van der Waals surface area contributed by atoms with Crippen LogP contribution in [0, 0.1) is 0 Å². The van der Waals surface area contributed by atoms with Gasteiger partial charge in [0.1, 0.15) is 7.05 Å². The summed E-state index contributed by atoms with van der Waals surface area (Å²) in [5.41, 5.74) is 0.910. The van der Waals surface area contributed by atoms with Crippen LogP contribution in [0.1, 0.15) is 5.69 Å². The number of nitrogens with zero attached hydrogens (tertiary/aromatic N) is 2. The third-order valence-electron chi connectivity index (χ3n) is 1.56. The number of pyridine rings is 1. The number of hydrogen-bond acceptors (Lipinski definition) is 3. The van der Waals surface area contributed by atoms with Gasteiger partial charge in [-0.1, -0.05) is 16.9 Å². The highest BCUT2D eigenvalue weighted by Gasteiger charge is 2.12. The van der Waals surface area contributed by atoms with Gasteiger partial charge in [0.25, 0.3) is 0 Å². The van der Waals surface area contributed by atoms with E-state index >= 15 is 0 Å². The van der Waals surface area contributed by atoms with Gasteiger partial charge in [-0.15, -0.1) is 0 Å². The van der Waals surface area contributed by atoms with E-state index < -0.39 is 0 Å². The number of rotatable bonds is 1. The zero-order chi connectivity index (χ0) is 8.97. The van der Waals surface area contributed by atoms with Crippen LogP contribution in [0.3, 0.4) is 0 Å². The van der Waals surface area contributed by atoms with Crippen LogP contribution in [0.4, 0.5) is 0 Å². The lowest BCUT2D eigenvalue weighted by molar-refractivity contribution is -0.672. The van der Waals surface area contributed by atoms with Gasteiger partial charge in [-0.25, -0.2) is 0 Å². The summed E-state index contributed by atoms with van der Waals surface area (Å²) < 4.78 is 1.91.